The van der Waals surface area contributed by atoms with Crippen molar-refractivity contribution in [2.45, 2.75) is 71.9 Å². The highest BCUT2D eigenvalue weighted by Gasteiger charge is 2.32. The van der Waals surface area contributed by atoms with Gasteiger partial charge in [-0.25, -0.2) is 14.8 Å². The van der Waals surface area contributed by atoms with Crippen LogP contribution in [0.5, 0.6) is 0 Å². The molecule has 0 radical (unpaired) electrons. The van der Waals surface area contributed by atoms with Gasteiger partial charge in [0.05, 0.1) is 11.3 Å². The molecule has 0 aliphatic carbocycles. The summed E-state index contributed by atoms with van der Waals surface area (Å²) in [6.07, 6.45) is 3.58. The number of likely N-dealkylation sites (tertiary alicyclic amines) is 1. The summed E-state index contributed by atoms with van der Waals surface area (Å²) in [4.78, 5) is 65.8. The minimum absolute atomic E-state index is 0.0254. The summed E-state index contributed by atoms with van der Waals surface area (Å²) in [5.41, 5.74) is 2.65. The highest BCUT2D eigenvalue weighted by molar-refractivity contribution is 6.07. The predicted molar refractivity (Wildman–Crippen MR) is 178 cm³/mol. The Labute approximate surface area is 269 Å². The molecule has 0 saturated carbocycles. The molecule has 3 aromatic rings. The lowest BCUT2D eigenvalue weighted by Gasteiger charge is -2.26. The van der Waals surface area contributed by atoms with E-state index in [1.54, 1.807) is 40.8 Å². The maximum atomic E-state index is 14.1. The van der Waals surface area contributed by atoms with E-state index in [1.807, 2.05) is 37.3 Å². The molecule has 5 rings (SSSR count). The summed E-state index contributed by atoms with van der Waals surface area (Å²) >= 11 is 0. The lowest BCUT2D eigenvalue weighted by molar-refractivity contribution is -0.126. The molecule has 2 aromatic heterocycles. The second-order valence-electron chi connectivity index (χ2n) is 13.3. The second kappa shape index (κ2) is 13.5. The molecule has 0 spiro atoms. The van der Waals surface area contributed by atoms with E-state index in [2.05, 4.69) is 20.8 Å². The van der Waals surface area contributed by atoms with E-state index in [1.165, 1.54) is 4.57 Å². The molecule has 11 heteroatoms. The highest BCUT2D eigenvalue weighted by Crippen LogP contribution is 2.28. The van der Waals surface area contributed by atoms with Crippen LogP contribution < -0.4 is 16.1 Å². The van der Waals surface area contributed by atoms with Crippen molar-refractivity contribution in [3.8, 4) is 0 Å². The van der Waals surface area contributed by atoms with E-state index in [4.69, 9.17) is 14.7 Å². The Balaban J connectivity index is 1.47. The predicted octanol–water partition coefficient (Wildman–Crippen LogP) is 3.95. The lowest BCUT2D eigenvalue weighted by atomic mass is 9.86. The van der Waals surface area contributed by atoms with E-state index in [0.717, 1.165) is 5.56 Å². The number of aliphatic imine (C=N–C) groups is 1. The number of anilines is 1. The van der Waals surface area contributed by atoms with E-state index in [9.17, 15) is 19.2 Å². The summed E-state index contributed by atoms with van der Waals surface area (Å²) in [5, 5.41) is 0. The van der Waals surface area contributed by atoms with Crippen molar-refractivity contribution in [3.05, 3.63) is 85.7 Å². The number of methoxy groups -OCH3 is 1. The number of pyridine rings is 1. The molecule has 0 N–H and O–H groups in total. The number of hydrogen-bond donors (Lipinski definition) is 0. The molecule has 244 valence electrons. The van der Waals surface area contributed by atoms with E-state index < -0.39 is 0 Å². The summed E-state index contributed by atoms with van der Waals surface area (Å²) in [5.74, 6) is 0.712. The number of carbonyl (C=O) groups excluding carboxylic acids is 2. The zero-order valence-corrected chi connectivity index (χ0v) is 27.7. The fourth-order valence-electron chi connectivity index (χ4n) is 6.13. The number of carbonyl (C=O) groups is 2. The molecule has 1 aromatic carbocycles. The molecule has 11 nitrogen and oxygen atoms in total. The Kier molecular flexibility index (Phi) is 9.71. The summed E-state index contributed by atoms with van der Waals surface area (Å²) < 4.78 is 8.06. The van der Waals surface area contributed by atoms with E-state index >= 15 is 0 Å². The van der Waals surface area contributed by atoms with Gasteiger partial charge in [0.25, 0.3) is 11.5 Å². The molecule has 2 aliphatic heterocycles. The molecule has 2 amide bonds. The average Bonchev–Trinajstić information content (AvgIpc) is 3.62. The molecule has 1 unspecified atom stereocenters. The fourth-order valence-corrected chi connectivity index (χ4v) is 6.13. The van der Waals surface area contributed by atoms with Crippen LogP contribution >= 0.6 is 0 Å². The topological polar surface area (TPSA) is 119 Å². The smallest absolute Gasteiger partial charge is 0.332 e. The van der Waals surface area contributed by atoms with Crippen LogP contribution in [0.15, 0.2) is 57.2 Å². The van der Waals surface area contributed by atoms with Crippen LogP contribution in [0.2, 0.25) is 0 Å². The molecule has 46 heavy (non-hydrogen) atoms. The van der Waals surface area contributed by atoms with Gasteiger partial charge in [-0.2, -0.15) is 0 Å². The Morgan fingerprint density at radius 3 is 2.50 bits per heavy atom. The van der Waals surface area contributed by atoms with Crippen molar-refractivity contribution in [1.82, 2.24) is 19.0 Å². The second-order valence-corrected chi connectivity index (χ2v) is 13.3. The van der Waals surface area contributed by atoms with Crippen molar-refractivity contribution < 1.29 is 14.3 Å². The van der Waals surface area contributed by atoms with Gasteiger partial charge in [-0.1, -0.05) is 39.8 Å². The van der Waals surface area contributed by atoms with Gasteiger partial charge in [0.1, 0.15) is 11.6 Å². The molecule has 4 heterocycles. The van der Waals surface area contributed by atoms with Crippen LogP contribution in [0.25, 0.3) is 0 Å². The first kappa shape index (κ1) is 33.0. The zero-order chi connectivity index (χ0) is 33.2. The van der Waals surface area contributed by atoms with Gasteiger partial charge in [0.15, 0.2) is 0 Å². The number of rotatable bonds is 11. The maximum absolute atomic E-state index is 14.1. The lowest BCUT2D eigenvalue weighted by Crippen LogP contribution is -2.41. The Hall–Kier alpha value is -4.38. The monoisotopic (exact) mass is 628 g/mol. The normalized spacial score (nSPS) is 16.1. The third-order valence-electron chi connectivity index (χ3n) is 8.69. The van der Waals surface area contributed by atoms with Gasteiger partial charge >= 0.3 is 5.69 Å². The van der Waals surface area contributed by atoms with Gasteiger partial charge in [-0.15, -0.1) is 0 Å². The van der Waals surface area contributed by atoms with Crippen LogP contribution in [-0.4, -0.2) is 70.4 Å². The van der Waals surface area contributed by atoms with Gasteiger partial charge in [-0.05, 0) is 48.1 Å². The summed E-state index contributed by atoms with van der Waals surface area (Å²) in [6.45, 7) is 10.4. The molecule has 1 saturated heterocycles. The van der Waals surface area contributed by atoms with Gasteiger partial charge in [0.2, 0.25) is 5.91 Å². The molecular formula is C35H44N6O5. The van der Waals surface area contributed by atoms with Crippen molar-refractivity contribution in [2.75, 3.05) is 38.8 Å². The standard InChI is InChI=1S/C35H44N6O5/c1-7-14-40-33(44)27-19-28(37-31(27)39(34(40)45)15-9-16-46-6)25-12-13-29(36-20-25)41(22-23-17-30(42)38(5)21-23)32(43)24-10-8-11-26(18-24)35(2,3)4/h8,10-13,18,20,23H,7,9,14-17,19,21-22H2,1-6H3. The number of amides is 2. The quantitative estimate of drug-likeness (QED) is 0.297. The Bertz CT molecular complexity index is 1770. The molecule has 0 bridgehead atoms. The van der Waals surface area contributed by atoms with Crippen LogP contribution in [0.4, 0.5) is 11.6 Å². The van der Waals surface area contributed by atoms with Crippen LogP contribution in [-0.2, 0) is 34.5 Å². The SMILES string of the molecule is CCCn1c(=O)c2c(n(CCCOC)c1=O)N=C(c1ccc(N(CC3CC(=O)N(C)C3)C(=O)c3cccc(C(C)(C)C)c3)nc1)C2. The van der Waals surface area contributed by atoms with Crippen LogP contribution in [0.1, 0.15) is 74.0 Å². The first-order chi connectivity index (χ1) is 21.9. The highest BCUT2D eigenvalue weighted by atomic mass is 16.5. The van der Waals surface area contributed by atoms with Crippen molar-refractivity contribution >= 4 is 29.2 Å². The fraction of sp³-hybridized carbons (Fsp3) is 0.486. The van der Waals surface area contributed by atoms with Crippen molar-refractivity contribution in [3.63, 3.8) is 0 Å². The largest absolute Gasteiger partial charge is 0.385 e. The number of hydrogen-bond acceptors (Lipinski definition) is 7. The Morgan fingerprint density at radius 2 is 1.87 bits per heavy atom. The number of ether oxygens (including phenoxy) is 1. The van der Waals surface area contributed by atoms with Gasteiger partial charge in [-0.3, -0.25) is 28.4 Å². The van der Waals surface area contributed by atoms with Gasteiger partial charge in [0, 0.05) is 83.0 Å². The number of nitrogens with zero attached hydrogens (tertiary/aromatic N) is 6. The third-order valence-corrected chi connectivity index (χ3v) is 8.69. The Morgan fingerprint density at radius 1 is 1.09 bits per heavy atom. The van der Waals surface area contributed by atoms with Crippen LogP contribution in [0.3, 0.4) is 0 Å². The van der Waals surface area contributed by atoms with Crippen molar-refractivity contribution in [2.24, 2.45) is 10.9 Å². The average molecular weight is 629 g/mol. The minimum Gasteiger partial charge on any atom is -0.385 e. The maximum Gasteiger partial charge on any atom is 0.332 e. The number of aromatic nitrogens is 3. The minimum atomic E-state index is -0.360. The first-order valence-electron chi connectivity index (χ1n) is 16.0. The van der Waals surface area contributed by atoms with Gasteiger partial charge < -0.3 is 9.64 Å². The van der Waals surface area contributed by atoms with Crippen molar-refractivity contribution in [1.29, 1.82) is 0 Å². The number of fused-ring (bicyclic) bond motifs is 1. The summed E-state index contributed by atoms with van der Waals surface area (Å²) in [7, 11) is 3.39. The zero-order valence-electron chi connectivity index (χ0n) is 27.7. The molecular weight excluding hydrogens is 584 g/mol. The molecule has 2 aliphatic rings. The molecule has 1 atom stereocenters. The van der Waals surface area contributed by atoms with E-state index in [0.29, 0.717) is 86.1 Å². The third kappa shape index (κ3) is 6.74. The van der Waals surface area contributed by atoms with E-state index in [-0.39, 0.29) is 40.8 Å². The molecule has 1 fully saturated rings. The number of benzene rings is 1. The van der Waals surface area contributed by atoms with Crippen LogP contribution in [0, 0.1) is 5.92 Å². The summed E-state index contributed by atoms with van der Waals surface area (Å²) in [6, 6.07) is 11.3. The first-order valence-corrected chi connectivity index (χ1v) is 16.0.